The summed E-state index contributed by atoms with van der Waals surface area (Å²) in [5, 5.41) is 2.47. The molecule has 0 aliphatic heterocycles. The van der Waals surface area contributed by atoms with E-state index in [4.69, 9.17) is 0 Å². The van der Waals surface area contributed by atoms with Crippen LogP contribution in [0.15, 0.2) is 66.7 Å². The van der Waals surface area contributed by atoms with Crippen molar-refractivity contribution in [3.05, 3.63) is 95.1 Å². The van der Waals surface area contributed by atoms with Crippen molar-refractivity contribution in [3.63, 3.8) is 0 Å². The fourth-order valence-electron chi connectivity index (χ4n) is 2.82. The number of amides is 1. The van der Waals surface area contributed by atoms with Crippen molar-refractivity contribution in [1.29, 1.82) is 0 Å². The lowest BCUT2D eigenvalue weighted by molar-refractivity contribution is 0.102. The Kier molecular flexibility index (Phi) is 6.17. The number of halogens is 2. The SMILES string of the molecule is Cc1ccc(CN(c2ccc(C(=O)Nc3ccc(F)c(F)c3)cc2)S(C)(=O)=O)cc1. The van der Waals surface area contributed by atoms with Gasteiger partial charge in [-0.2, -0.15) is 0 Å². The van der Waals surface area contributed by atoms with E-state index in [-0.39, 0.29) is 17.8 Å². The average Bonchev–Trinajstić information content (AvgIpc) is 2.69. The van der Waals surface area contributed by atoms with E-state index in [2.05, 4.69) is 5.32 Å². The van der Waals surface area contributed by atoms with E-state index in [1.54, 1.807) is 0 Å². The smallest absolute Gasteiger partial charge is 0.255 e. The first kappa shape index (κ1) is 21.4. The zero-order valence-corrected chi connectivity index (χ0v) is 17.2. The minimum absolute atomic E-state index is 0.111. The molecule has 0 atom stereocenters. The first-order valence-corrected chi connectivity index (χ1v) is 10.9. The quantitative estimate of drug-likeness (QED) is 0.627. The Bertz CT molecular complexity index is 1160. The molecule has 0 heterocycles. The monoisotopic (exact) mass is 430 g/mol. The summed E-state index contributed by atoms with van der Waals surface area (Å²) >= 11 is 0. The van der Waals surface area contributed by atoms with Gasteiger partial charge in [0.25, 0.3) is 5.91 Å². The van der Waals surface area contributed by atoms with Crippen LogP contribution >= 0.6 is 0 Å². The standard InChI is InChI=1S/C22H20F2N2O3S/c1-15-3-5-16(6-4-15)14-26(30(2,28)29)19-10-7-17(8-11-19)22(27)25-18-9-12-20(23)21(24)13-18/h3-13H,14H2,1-2H3,(H,25,27). The van der Waals surface area contributed by atoms with E-state index >= 15 is 0 Å². The second-order valence-electron chi connectivity index (χ2n) is 6.89. The molecule has 30 heavy (non-hydrogen) atoms. The van der Waals surface area contributed by atoms with Crippen LogP contribution in [-0.4, -0.2) is 20.6 Å². The van der Waals surface area contributed by atoms with Gasteiger partial charge in [0.2, 0.25) is 10.0 Å². The molecule has 0 unspecified atom stereocenters. The van der Waals surface area contributed by atoms with E-state index in [0.29, 0.717) is 5.69 Å². The molecule has 3 rings (SSSR count). The van der Waals surface area contributed by atoms with E-state index < -0.39 is 27.6 Å². The van der Waals surface area contributed by atoms with E-state index in [9.17, 15) is 22.0 Å². The molecule has 0 saturated carbocycles. The van der Waals surface area contributed by atoms with Crippen molar-refractivity contribution in [2.45, 2.75) is 13.5 Å². The maximum absolute atomic E-state index is 13.3. The van der Waals surface area contributed by atoms with Crippen LogP contribution in [0.3, 0.4) is 0 Å². The molecule has 156 valence electrons. The minimum atomic E-state index is -3.56. The number of carbonyl (C=O) groups is 1. The summed E-state index contributed by atoms with van der Waals surface area (Å²) in [5.41, 5.74) is 2.65. The Morgan fingerprint density at radius 3 is 2.13 bits per heavy atom. The number of sulfonamides is 1. The summed E-state index contributed by atoms with van der Waals surface area (Å²) in [6, 6.07) is 16.6. The number of benzene rings is 3. The molecule has 3 aromatic carbocycles. The van der Waals surface area contributed by atoms with Gasteiger partial charge in [0.15, 0.2) is 11.6 Å². The van der Waals surface area contributed by atoms with Gasteiger partial charge in [-0.25, -0.2) is 17.2 Å². The van der Waals surface area contributed by atoms with Crippen molar-refractivity contribution in [2.24, 2.45) is 0 Å². The predicted molar refractivity (Wildman–Crippen MR) is 113 cm³/mol. The summed E-state index contributed by atoms with van der Waals surface area (Å²) in [5.74, 6) is -2.60. The molecule has 1 N–H and O–H groups in total. The number of nitrogens with zero attached hydrogens (tertiary/aromatic N) is 1. The molecule has 8 heteroatoms. The Morgan fingerprint density at radius 2 is 1.57 bits per heavy atom. The summed E-state index contributed by atoms with van der Waals surface area (Å²) < 4.78 is 52.2. The number of anilines is 2. The van der Waals surface area contributed by atoms with Gasteiger partial charge in [0.05, 0.1) is 18.5 Å². The predicted octanol–water partition coefficient (Wildman–Crippen LogP) is 4.49. The van der Waals surface area contributed by atoms with E-state index in [0.717, 1.165) is 29.5 Å². The number of hydrogen-bond donors (Lipinski definition) is 1. The lowest BCUT2D eigenvalue weighted by Gasteiger charge is -2.23. The lowest BCUT2D eigenvalue weighted by atomic mass is 10.1. The molecule has 0 fully saturated rings. The highest BCUT2D eigenvalue weighted by atomic mass is 32.2. The molecular weight excluding hydrogens is 410 g/mol. The van der Waals surface area contributed by atoms with Crippen molar-refractivity contribution < 1.29 is 22.0 Å². The molecule has 0 aliphatic carbocycles. The first-order valence-electron chi connectivity index (χ1n) is 9.03. The van der Waals surface area contributed by atoms with Gasteiger partial charge in [-0.05, 0) is 48.9 Å². The Labute approximate surface area is 174 Å². The summed E-state index contributed by atoms with van der Waals surface area (Å²) in [4.78, 5) is 12.4. The summed E-state index contributed by atoms with van der Waals surface area (Å²) in [6.45, 7) is 2.10. The molecule has 0 radical (unpaired) electrons. The van der Waals surface area contributed by atoms with Gasteiger partial charge in [0, 0.05) is 17.3 Å². The van der Waals surface area contributed by atoms with Crippen LogP contribution in [0.2, 0.25) is 0 Å². The maximum Gasteiger partial charge on any atom is 0.255 e. The molecule has 0 bridgehead atoms. The summed E-state index contributed by atoms with van der Waals surface area (Å²) in [6.07, 6.45) is 1.12. The molecule has 0 saturated heterocycles. The molecular formula is C22H20F2N2O3S. The number of nitrogens with one attached hydrogen (secondary N) is 1. The van der Waals surface area contributed by atoms with Crippen LogP contribution in [0.1, 0.15) is 21.5 Å². The van der Waals surface area contributed by atoms with Crippen molar-refractivity contribution in [1.82, 2.24) is 0 Å². The Hall–Kier alpha value is -3.26. The third-order valence-electron chi connectivity index (χ3n) is 4.44. The zero-order chi connectivity index (χ0) is 21.9. The third-order valence-corrected chi connectivity index (χ3v) is 5.58. The van der Waals surface area contributed by atoms with E-state index in [1.165, 1.54) is 34.6 Å². The second kappa shape index (κ2) is 8.62. The Morgan fingerprint density at radius 1 is 0.933 bits per heavy atom. The summed E-state index contributed by atoms with van der Waals surface area (Å²) in [7, 11) is -3.56. The highest BCUT2D eigenvalue weighted by molar-refractivity contribution is 7.92. The topological polar surface area (TPSA) is 66.5 Å². The van der Waals surface area contributed by atoms with E-state index in [1.807, 2.05) is 31.2 Å². The van der Waals surface area contributed by atoms with Gasteiger partial charge >= 0.3 is 0 Å². The van der Waals surface area contributed by atoms with Gasteiger partial charge in [0.1, 0.15) is 0 Å². The lowest BCUT2D eigenvalue weighted by Crippen LogP contribution is -2.29. The third kappa shape index (κ3) is 5.21. The highest BCUT2D eigenvalue weighted by Crippen LogP contribution is 2.22. The molecule has 0 aliphatic rings. The van der Waals surface area contributed by atoms with Gasteiger partial charge in [-0.15, -0.1) is 0 Å². The fraction of sp³-hybridized carbons (Fsp3) is 0.136. The van der Waals surface area contributed by atoms with Gasteiger partial charge < -0.3 is 5.32 Å². The first-order chi connectivity index (χ1) is 14.1. The number of hydrogen-bond acceptors (Lipinski definition) is 3. The number of rotatable bonds is 6. The Balaban J connectivity index is 1.79. The molecule has 0 spiro atoms. The van der Waals surface area contributed by atoms with Gasteiger partial charge in [-0.3, -0.25) is 9.10 Å². The van der Waals surface area contributed by atoms with Crippen LogP contribution in [0.4, 0.5) is 20.2 Å². The average molecular weight is 430 g/mol. The molecule has 0 aromatic heterocycles. The molecule has 3 aromatic rings. The largest absolute Gasteiger partial charge is 0.322 e. The van der Waals surface area contributed by atoms with Crippen molar-refractivity contribution >= 4 is 27.3 Å². The second-order valence-corrected chi connectivity index (χ2v) is 8.79. The van der Waals surface area contributed by atoms with Crippen LogP contribution in [0.25, 0.3) is 0 Å². The number of carbonyl (C=O) groups excluding carboxylic acids is 1. The zero-order valence-electron chi connectivity index (χ0n) is 16.4. The van der Waals surface area contributed by atoms with Crippen LogP contribution in [0.5, 0.6) is 0 Å². The number of aryl methyl sites for hydroxylation is 1. The van der Waals surface area contributed by atoms with Crippen LogP contribution in [-0.2, 0) is 16.6 Å². The maximum atomic E-state index is 13.3. The normalized spacial score (nSPS) is 11.2. The van der Waals surface area contributed by atoms with Crippen LogP contribution in [0, 0.1) is 18.6 Å². The van der Waals surface area contributed by atoms with Crippen molar-refractivity contribution in [2.75, 3.05) is 15.9 Å². The van der Waals surface area contributed by atoms with Crippen LogP contribution < -0.4 is 9.62 Å². The molecule has 1 amide bonds. The fourth-order valence-corrected chi connectivity index (χ4v) is 3.70. The molecule has 5 nitrogen and oxygen atoms in total. The van der Waals surface area contributed by atoms with Crippen molar-refractivity contribution in [3.8, 4) is 0 Å². The van der Waals surface area contributed by atoms with Gasteiger partial charge in [-0.1, -0.05) is 29.8 Å². The minimum Gasteiger partial charge on any atom is -0.322 e. The highest BCUT2D eigenvalue weighted by Gasteiger charge is 2.18.